The van der Waals surface area contributed by atoms with Crippen LogP contribution in [0.5, 0.6) is 16.7 Å². The molecule has 7 nitrogen and oxygen atoms in total. The van der Waals surface area contributed by atoms with Crippen LogP contribution in [0.3, 0.4) is 0 Å². The molecule has 0 radical (unpaired) electrons. The van der Waals surface area contributed by atoms with Gasteiger partial charge in [-0.2, -0.15) is 0 Å². The van der Waals surface area contributed by atoms with Gasteiger partial charge in [-0.05, 0) is 42.5 Å². The Labute approximate surface area is 160 Å². The maximum absolute atomic E-state index is 12.5. The molecule has 1 aromatic heterocycles. The van der Waals surface area contributed by atoms with Crippen molar-refractivity contribution in [2.75, 3.05) is 17.7 Å². The van der Waals surface area contributed by atoms with E-state index in [1.54, 1.807) is 48.7 Å². The Bertz CT molecular complexity index is 940. The number of hydrogen-bond acceptors (Lipinski definition) is 6. The Morgan fingerprint density at radius 1 is 1.07 bits per heavy atom. The van der Waals surface area contributed by atoms with Gasteiger partial charge in [-0.1, -0.05) is 11.3 Å². The van der Waals surface area contributed by atoms with E-state index in [-0.39, 0.29) is 11.8 Å². The first kappa shape index (κ1) is 18.4. The third kappa shape index (κ3) is 4.83. The predicted molar refractivity (Wildman–Crippen MR) is 104 cm³/mol. The average molecular weight is 383 g/mol. The van der Waals surface area contributed by atoms with Gasteiger partial charge in [-0.3, -0.25) is 9.59 Å². The fraction of sp³-hybridized carbons (Fsp3) is 0.105. The molecule has 0 aliphatic heterocycles. The van der Waals surface area contributed by atoms with Gasteiger partial charge in [0.05, 0.1) is 12.8 Å². The summed E-state index contributed by atoms with van der Waals surface area (Å²) in [7, 11) is 1.51. The van der Waals surface area contributed by atoms with Gasteiger partial charge in [0.15, 0.2) is 0 Å². The SMILES string of the molecule is COc1ccc(NC(C)=O)cc1NC(=O)c1ccc(Oc2nccs2)cc1. The van der Waals surface area contributed by atoms with E-state index < -0.39 is 0 Å². The van der Waals surface area contributed by atoms with E-state index in [9.17, 15) is 9.59 Å². The second-order valence-electron chi connectivity index (χ2n) is 5.47. The summed E-state index contributed by atoms with van der Waals surface area (Å²) >= 11 is 1.38. The molecule has 1 heterocycles. The third-order valence-corrected chi connectivity index (χ3v) is 4.15. The second-order valence-corrected chi connectivity index (χ2v) is 6.33. The summed E-state index contributed by atoms with van der Waals surface area (Å²) < 4.78 is 10.8. The van der Waals surface area contributed by atoms with Crippen molar-refractivity contribution in [2.45, 2.75) is 6.92 Å². The van der Waals surface area contributed by atoms with Crippen LogP contribution in [-0.2, 0) is 4.79 Å². The number of nitrogens with one attached hydrogen (secondary N) is 2. The molecule has 0 unspecified atom stereocenters. The van der Waals surface area contributed by atoms with E-state index in [2.05, 4.69) is 15.6 Å². The van der Waals surface area contributed by atoms with Gasteiger partial charge in [0.1, 0.15) is 11.5 Å². The number of anilines is 2. The summed E-state index contributed by atoms with van der Waals surface area (Å²) in [5, 5.41) is 7.81. The molecule has 0 spiro atoms. The van der Waals surface area contributed by atoms with Gasteiger partial charge < -0.3 is 20.1 Å². The van der Waals surface area contributed by atoms with Crippen LogP contribution >= 0.6 is 11.3 Å². The average Bonchev–Trinajstić information content (AvgIpc) is 3.15. The molecule has 138 valence electrons. The monoisotopic (exact) mass is 383 g/mol. The predicted octanol–water partition coefficient (Wildman–Crippen LogP) is 4.15. The minimum absolute atomic E-state index is 0.201. The highest BCUT2D eigenvalue weighted by Crippen LogP contribution is 2.29. The number of ether oxygens (including phenoxy) is 2. The minimum Gasteiger partial charge on any atom is -0.495 e. The second kappa shape index (κ2) is 8.33. The first-order valence-corrected chi connectivity index (χ1v) is 8.87. The molecule has 3 rings (SSSR count). The molecule has 8 heteroatoms. The van der Waals surface area contributed by atoms with Crippen LogP contribution in [0.1, 0.15) is 17.3 Å². The molecule has 0 fully saturated rings. The molecule has 0 saturated heterocycles. The standard InChI is InChI=1S/C19H17N3O4S/c1-12(23)21-14-5-8-17(25-2)16(11-14)22-18(24)13-3-6-15(7-4-13)26-19-20-9-10-27-19/h3-11H,1-2H3,(H,21,23)(H,22,24). The van der Waals surface area contributed by atoms with Crippen LogP contribution in [0.25, 0.3) is 0 Å². The smallest absolute Gasteiger partial charge is 0.278 e. The van der Waals surface area contributed by atoms with E-state index >= 15 is 0 Å². The highest BCUT2D eigenvalue weighted by molar-refractivity contribution is 7.11. The number of rotatable bonds is 6. The van der Waals surface area contributed by atoms with Gasteiger partial charge in [0.2, 0.25) is 5.91 Å². The van der Waals surface area contributed by atoms with Gasteiger partial charge in [0, 0.05) is 29.8 Å². The highest BCUT2D eigenvalue weighted by Gasteiger charge is 2.12. The number of hydrogen-bond donors (Lipinski definition) is 2. The molecule has 2 amide bonds. The van der Waals surface area contributed by atoms with Crippen molar-refractivity contribution in [3.8, 4) is 16.7 Å². The molecule has 0 aliphatic carbocycles. The maximum Gasteiger partial charge on any atom is 0.278 e. The van der Waals surface area contributed by atoms with Gasteiger partial charge in [0.25, 0.3) is 11.1 Å². The molecule has 2 N–H and O–H groups in total. The van der Waals surface area contributed by atoms with Crippen LogP contribution in [0, 0.1) is 0 Å². The zero-order valence-corrected chi connectivity index (χ0v) is 15.5. The molecule has 27 heavy (non-hydrogen) atoms. The number of aromatic nitrogens is 1. The zero-order valence-electron chi connectivity index (χ0n) is 14.7. The van der Waals surface area contributed by atoms with E-state index in [1.807, 2.05) is 5.38 Å². The Morgan fingerprint density at radius 3 is 2.48 bits per heavy atom. The molecule has 0 aliphatic rings. The van der Waals surface area contributed by atoms with Crippen LogP contribution in [0.15, 0.2) is 54.0 Å². The molecule has 3 aromatic rings. The number of amides is 2. The summed E-state index contributed by atoms with van der Waals surface area (Å²) in [5.41, 5.74) is 1.47. The van der Waals surface area contributed by atoms with Gasteiger partial charge in [-0.15, -0.1) is 0 Å². The maximum atomic E-state index is 12.5. The number of carbonyl (C=O) groups is 2. The van der Waals surface area contributed by atoms with Crippen LogP contribution in [0.2, 0.25) is 0 Å². The lowest BCUT2D eigenvalue weighted by atomic mass is 10.2. The number of benzene rings is 2. The van der Waals surface area contributed by atoms with Crippen molar-refractivity contribution in [2.24, 2.45) is 0 Å². The Balaban J connectivity index is 1.73. The van der Waals surface area contributed by atoms with Gasteiger partial charge in [-0.25, -0.2) is 4.98 Å². The summed E-state index contributed by atoms with van der Waals surface area (Å²) in [6.07, 6.45) is 1.66. The third-order valence-electron chi connectivity index (χ3n) is 3.50. The lowest BCUT2D eigenvalue weighted by molar-refractivity contribution is -0.114. The Morgan fingerprint density at radius 2 is 1.85 bits per heavy atom. The van der Waals surface area contributed by atoms with E-state index in [0.717, 1.165) is 0 Å². The zero-order chi connectivity index (χ0) is 19.2. The molecular formula is C19H17N3O4S. The van der Waals surface area contributed by atoms with Crippen molar-refractivity contribution in [3.63, 3.8) is 0 Å². The first-order chi connectivity index (χ1) is 13.0. The fourth-order valence-electron chi connectivity index (χ4n) is 2.32. The first-order valence-electron chi connectivity index (χ1n) is 7.99. The van der Waals surface area contributed by atoms with Crippen molar-refractivity contribution < 1.29 is 19.1 Å². The van der Waals surface area contributed by atoms with Crippen LogP contribution in [-0.4, -0.2) is 23.9 Å². The van der Waals surface area contributed by atoms with Crippen molar-refractivity contribution >= 4 is 34.5 Å². The number of nitrogens with zero attached hydrogens (tertiary/aromatic N) is 1. The minimum atomic E-state index is -0.311. The Hall–Kier alpha value is -3.39. The lowest BCUT2D eigenvalue weighted by Gasteiger charge is -2.12. The molecule has 0 atom stereocenters. The summed E-state index contributed by atoms with van der Waals surface area (Å²) in [4.78, 5) is 27.8. The number of methoxy groups -OCH3 is 1. The van der Waals surface area contributed by atoms with Crippen molar-refractivity contribution in [1.82, 2.24) is 4.98 Å². The molecule has 0 bridgehead atoms. The van der Waals surface area contributed by atoms with Crippen LogP contribution < -0.4 is 20.1 Å². The van der Waals surface area contributed by atoms with Crippen molar-refractivity contribution in [1.29, 1.82) is 0 Å². The summed E-state index contributed by atoms with van der Waals surface area (Å²) in [6, 6.07) is 11.7. The van der Waals surface area contributed by atoms with E-state index in [0.29, 0.717) is 33.6 Å². The fourth-order valence-corrected chi connectivity index (χ4v) is 2.82. The normalized spacial score (nSPS) is 10.1. The van der Waals surface area contributed by atoms with Gasteiger partial charge >= 0.3 is 0 Å². The molecule has 2 aromatic carbocycles. The topological polar surface area (TPSA) is 89.6 Å². The Kier molecular flexibility index (Phi) is 5.68. The lowest BCUT2D eigenvalue weighted by Crippen LogP contribution is -2.13. The number of carbonyl (C=O) groups excluding carboxylic acids is 2. The van der Waals surface area contributed by atoms with E-state index in [1.165, 1.54) is 25.4 Å². The molecular weight excluding hydrogens is 366 g/mol. The quantitative estimate of drug-likeness (QED) is 0.667. The largest absolute Gasteiger partial charge is 0.495 e. The van der Waals surface area contributed by atoms with E-state index in [4.69, 9.17) is 9.47 Å². The summed E-state index contributed by atoms with van der Waals surface area (Å²) in [6.45, 7) is 1.41. The summed E-state index contributed by atoms with van der Waals surface area (Å²) in [5.74, 6) is 0.565. The highest BCUT2D eigenvalue weighted by atomic mass is 32.1. The van der Waals surface area contributed by atoms with Crippen molar-refractivity contribution in [3.05, 3.63) is 59.6 Å². The molecule has 0 saturated carbocycles. The number of thiazole rings is 1. The van der Waals surface area contributed by atoms with Crippen LogP contribution in [0.4, 0.5) is 11.4 Å².